The molecule has 0 saturated carbocycles. The largest absolute Gasteiger partial charge is 0.335 e. The van der Waals surface area contributed by atoms with Gasteiger partial charge in [0.15, 0.2) is 0 Å². The Morgan fingerprint density at radius 3 is 2.57 bits per heavy atom. The summed E-state index contributed by atoms with van der Waals surface area (Å²) in [6.45, 7) is 5.60. The number of hydrogen-bond acceptors (Lipinski definition) is 2. The Morgan fingerprint density at radius 1 is 1.07 bits per heavy atom. The molecule has 30 heavy (non-hydrogen) atoms. The molecular formula is C25H23ClN2OS. The van der Waals surface area contributed by atoms with Crippen LogP contribution >= 0.6 is 22.9 Å². The highest BCUT2D eigenvalue weighted by molar-refractivity contribution is 7.17. The summed E-state index contributed by atoms with van der Waals surface area (Å²) in [4.78, 5) is 15.4. The van der Waals surface area contributed by atoms with E-state index in [2.05, 4.69) is 46.9 Å². The van der Waals surface area contributed by atoms with Gasteiger partial charge in [-0.25, -0.2) is 0 Å². The number of nitrogens with zero attached hydrogens (tertiary/aromatic N) is 2. The standard InChI is InChI=1S/C25H23ClN2OS/c1-2-14-27(18-20-8-10-21(26)11-9-20)25(29)23-17-24-22(13-16-30-24)28(23)15-12-19-6-4-3-5-7-19/h2-11,13,16-17H,1,12,14-15,18H2. The number of carbonyl (C=O) groups is 1. The monoisotopic (exact) mass is 434 g/mol. The van der Waals surface area contributed by atoms with Crippen LogP contribution in [0.25, 0.3) is 10.2 Å². The van der Waals surface area contributed by atoms with Gasteiger partial charge in [0.05, 0.1) is 10.2 Å². The molecule has 4 aromatic rings. The minimum atomic E-state index is 0.0151. The molecule has 0 unspecified atom stereocenters. The highest BCUT2D eigenvalue weighted by Gasteiger charge is 2.21. The summed E-state index contributed by atoms with van der Waals surface area (Å²) >= 11 is 7.67. The lowest BCUT2D eigenvalue weighted by molar-refractivity contribution is 0.0752. The van der Waals surface area contributed by atoms with Crippen molar-refractivity contribution in [3.8, 4) is 0 Å². The number of rotatable bonds is 8. The van der Waals surface area contributed by atoms with Crippen molar-refractivity contribution in [2.75, 3.05) is 6.54 Å². The first kappa shape index (κ1) is 20.5. The first-order valence-electron chi connectivity index (χ1n) is 9.91. The van der Waals surface area contributed by atoms with Crippen LogP contribution in [0.1, 0.15) is 21.6 Å². The van der Waals surface area contributed by atoms with Gasteiger partial charge in [-0.15, -0.1) is 17.9 Å². The average molecular weight is 435 g/mol. The minimum absolute atomic E-state index is 0.0151. The number of hydrogen-bond donors (Lipinski definition) is 0. The number of amides is 1. The lowest BCUT2D eigenvalue weighted by Gasteiger charge is -2.22. The van der Waals surface area contributed by atoms with Crippen molar-refractivity contribution in [3.63, 3.8) is 0 Å². The molecule has 1 amide bonds. The van der Waals surface area contributed by atoms with E-state index in [9.17, 15) is 4.79 Å². The van der Waals surface area contributed by atoms with Crippen LogP contribution in [0.5, 0.6) is 0 Å². The molecule has 0 aliphatic rings. The number of halogens is 1. The number of thiophene rings is 1. The van der Waals surface area contributed by atoms with Crippen LogP contribution in [0, 0.1) is 0 Å². The zero-order chi connectivity index (χ0) is 20.9. The zero-order valence-electron chi connectivity index (χ0n) is 16.6. The maximum atomic E-state index is 13.5. The molecule has 0 saturated heterocycles. The molecule has 2 aromatic carbocycles. The predicted molar refractivity (Wildman–Crippen MR) is 126 cm³/mol. The van der Waals surface area contributed by atoms with Crippen LogP contribution in [-0.2, 0) is 19.5 Å². The van der Waals surface area contributed by atoms with Crippen LogP contribution in [-0.4, -0.2) is 21.9 Å². The smallest absolute Gasteiger partial charge is 0.271 e. The Labute approximate surface area is 185 Å². The third-order valence-electron chi connectivity index (χ3n) is 5.13. The molecule has 0 aliphatic heterocycles. The average Bonchev–Trinajstić information content (AvgIpc) is 3.35. The van der Waals surface area contributed by atoms with Crippen molar-refractivity contribution < 1.29 is 4.79 Å². The van der Waals surface area contributed by atoms with Gasteiger partial charge in [0, 0.05) is 24.7 Å². The lowest BCUT2D eigenvalue weighted by Crippen LogP contribution is -2.32. The molecule has 152 valence electrons. The summed E-state index contributed by atoms with van der Waals surface area (Å²) in [5, 5.41) is 2.77. The molecular weight excluding hydrogens is 412 g/mol. The van der Waals surface area contributed by atoms with Gasteiger partial charge in [0.25, 0.3) is 5.91 Å². The fourth-order valence-corrected chi connectivity index (χ4v) is 4.58. The molecule has 0 radical (unpaired) electrons. The number of fused-ring (bicyclic) bond motifs is 1. The van der Waals surface area contributed by atoms with Crippen molar-refractivity contribution in [2.45, 2.75) is 19.5 Å². The molecule has 0 bridgehead atoms. The van der Waals surface area contributed by atoms with Crippen molar-refractivity contribution in [1.82, 2.24) is 9.47 Å². The van der Waals surface area contributed by atoms with E-state index in [-0.39, 0.29) is 5.91 Å². The number of aryl methyl sites for hydroxylation is 2. The highest BCUT2D eigenvalue weighted by atomic mass is 35.5. The van der Waals surface area contributed by atoms with Crippen molar-refractivity contribution in [3.05, 3.63) is 107 Å². The Bertz CT molecular complexity index is 1150. The van der Waals surface area contributed by atoms with Gasteiger partial charge < -0.3 is 9.47 Å². The van der Waals surface area contributed by atoms with Gasteiger partial charge in [0.2, 0.25) is 0 Å². The Morgan fingerprint density at radius 2 is 1.83 bits per heavy atom. The lowest BCUT2D eigenvalue weighted by atomic mass is 10.1. The van der Waals surface area contributed by atoms with Crippen LogP contribution in [0.3, 0.4) is 0 Å². The second-order valence-electron chi connectivity index (χ2n) is 7.19. The van der Waals surface area contributed by atoms with Crippen LogP contribution < -0.4 is 0 Å². The molecule has 4 rings (SSSR count). The van der Waals surface area contributed by atoms with Gasteiger partial charge in [-0.3, -0.25) is 4.79 Å². The topological polar surface area (TPSA) is 25.2 Å². The van der Waals surface area contributed by atoms with E-state index in [1.807, 2.05) is 41.3 Å². The van der Waals surface area contributed by atoms with E-state index in [1.54, 1.807) is 17.4 Å². The number of benzene rings is 2. The fourth-order valence-electron chi connectivity index (χ4n) is 3.63. The second kappa shape index (κ2) is 9.33. The summed E-state index contributed by atoms with van der Waals surface area (Å²) in [7, 11) is 0. The molecule has 0 N–H and O–H groups in total. The van der Waals surface area contributed by atoms with Crippen molar-refractivity contribution >= 4 is 39.1 Å². The van der Waals surface area contributed by atoms with Crippen molar-refractivity contribution in [2.24, 2.45) is 0 Å². The molecule has 0 aliphatic carbocycles. The van der Waals surface area contributed by atoms with Gasteiger partial charge in [-0.2, -0.15) is 0 Å². The van der Waals surface area contributed by atoms with Gasteiger partial charge in [-0.1, -0.05) is 60.1 Å². The van der Waals surface area contributed by atoms with E-state index in [0.717, 1.165) is 34.4 Å². The summed E-state index contributed by atoms with van der Waals surface area (Å²) in [6, 6.07) is 22.1. The molecule has 0 fully saturated rings. The van der Waals surface area contributed by atoms with Gasteiger partial charge in [-0.05, 0) is 47.2 Å². The minimum Gasteiger partial charge on any atom is -0.335 e. The van der Waals surface area contributed by atoms with Crippen LogP contribution in [0.2, 0.25) is 5.02 Å². The van der Waals surface area contributed by atoms with Crippen LogP contribution in [0.15, 0.2) is 84.8 Å². The van der Waals surface area contributed by atoms with E-state index >= 15 is 0 Å². The predicted octanol–water partition coefficient (Wildman–Crippen LogP) is 6.43. The summed E-state index contributed by atoms with van der Waals surface area (Å²) in [5.74, 6) is 0.0151. The van der Waals surface area contributed by atoms with Crippen LogP contribution in [0.4, 0.5) is 0 Å². The molecule has 3 nitrogen and oxygen atoms in total. The maximum absolute atomic E-state index is 13.5. The summed E-state index contributed by atoms with van der Waals surface area (Å²) < 4.78 is 3.29. The zero-order valence-corrected chi connectivity index (χ0v) is 18.2. The van der Waals surface area contributed by atoms with Crippen molar-refractivity contribution in [1.29, 1.82) is 0 Å². The second-order valence-corrected chi connectivity index (χ2v) is 8.57. The third-order valence-corrected chi connectivity index (χ3v) is 6.24. The highest BCUT2D eigenvalue weighted by Crippen LogP contribution is 2.27. The summed E-state index contributed by atoms with van der Waals surface area (Å²) in [6.07, 6.45) is 2.65. The molecule has 5 heteroatoms. The summed E-state index contributed by atoms with van der Waals surface area (Å²) in [5.41, 5.74) is 4.14. The quantitative estimate of drug-likeness (QED) is 0.293. The molecule has 2 heterocycles. The number of carbonyl (C=O) groups excluding carboxylic acids is 1. The maximum Gasteiger partial charge on any atom is 0.271 e. The Balaban J connectivity index is 1.62. The Hall–Kier alpha value is -2.82. The molecule has 2 aromatic heterocycles. The SMILES string of the molecule is C=CCN(Cc1ccc(Cl)cc1)C(=O)c1cc2sccc2n1CCc1ccccc1. The Kier molecular flexibility index (Phi) is 6.36. The normalized spacial score (nSPS) is 11.0. The van der Waals surface area contributed by atoms with E-state index in [4.69, 9.17) is 11.6 Å². The molecule has 0 atom stereocenters. The number of aromatic nitrogens is 1. The van der Waals surface area contributed by atoms with E-state index in [1.165, 1.54) is 5.56 Å². The first-order chi connectivity index (χ1) is 14.7. The van der Waals surface area contributed by atoms with Gasteiger partial charge in [0.1, 0.15) is 5.69 Å². The third kappa shape index (κ3) is 4.50. The van der Waals surface area contributed by atoms with Gasteiger partial charge >= 0.3 is 0 Å². The molecule has 0 spiro atoms. The first-order valence-corrected chi connectivity index (χ1v) is 11.2. The fraction of sp³-hybridized carbons (Fsp3) is 0.160. The van der Waals surface area contributed by atoms with E-state index in [0.29, 0.717) is 18.1 Å². The van der Waals surface area contributed by atoms with E-state index < -0.39 is 0 Å².